The Kier molecular flexibility index (Phi) is 6.85. The van der Waals surface area contributed by atoms with Crippen LogP contribution in [-0.2, 0) is 9.53 Å². The Morgan fingerprint density at radius 1 is 1.42 bits per heavy atom. The van der Waals surface area contributed by atoms with Crippen LogP contribution in [-0.4, -0.2) is 69.8 Å². The van der Waals surface area contributed by atoms with E-state index in [9.17, 15) is 9.59 Å². The third-order valence-corrected chi connectivity index (χ3v) is 4.75. The molecule has 26 heavy (non-hydrogen) atoms. The molecule has 0 unspecified atom stereocenters. The Morgan fingerprint density at radius 3 is 2.81 bits per heavy atom. The van der Waals surface area contributed by atoms with Gasteiger partial charge in [0.15, 0.2) is 0 Å². The van der Waals surface area contributed by atoms with Crippen molar-refractivity contribution in [3.8, 4) is 5.75 Å². The minimum absolute atomic E-state index is 0.0667. The molecule has 1 aromatic rings. The molecule has 0 saturated carbocycles. The molecule has 1 aromatic carbocycles. The predicted octanol–water partition coefficient (Wildman–Crippen LogP) is 1.52. The molecule has 0 bridgehead atoms. The molecule has 7 nitrogen and oxygen atoms in total. The minimum atomic E-state index is -0.156. The molecular formula is C19H29N3O4. The number of nitrogens with zero attached hydrogens (tertiary/aromatic N) is 2. The number of carbonyl (C=O) groups is 2. The van der Waals surface area contributed by atoms with E-state index in [-0.39, 0.29) is 23.9 Å². The van der Waals surface area contributed by atoms with Crippen LogP contribution in [0, 0.1) is 0 Å². The molecule has 0 spiro atoms. The van der Waals surface area contributed by atoms with Crippen LogP contribution in [0.2, 0.25) is 0 Å². The number of ether oxygens (including phenoxy) is 2. The van der Waals surface area contributed by atoms with E-state index in [4.69, 9.17) is 9.47 Å². The first-order chi connectivity index (χ1) is 12.3. The van der Waals surface area contributed by atoms with Gasteiger partial charge in [0.25, 0.3) is 5.91 Å². The number of likely N-dealkylation sites (N-methyl/N-ethyl adjacent to an activating group) is 1. The van der Waals surface area contributed by atoms with Gasteiger partial charge >= 0.3 is 0 Å². The summed E-state index contributed by atoms with van der Waals surface area (Å²) in [6.07, 6.45) is 0.370. The molecule has 1 aliphatic rings. The highest BCUT2D eigenvalue weighted by Crippen LogP contribution is 2.34. The van der Waals surface area contributed by atoms with Crippen LogP contribution in [0.3, 0.4) is 0 Å². The highest BCUT2D eigenvalue weighted by atomic mass is 16.5. The number of hydrogen-bond acceptors (Lipinski definition) is 5. The van der Waals surface area contributed by atoms with Crippen LogP contribution in [0.4, 0.5) is 5.69 Å². The van der Waals surface area contributed by atoms with Crippen molar-refractivity contribution in [3.63, 3.8) is 0 Å². The number of nitrogens with one attached hydrogen (secondary N) is 1. The lowest BCUT2D eigenvalue weighted by atomic mass is 10.1. The van der Waals surface area contributed by atoms with E-state index >= 15 is 0 Å². The van der Waals surface area contributed by atoms with Gasteiger partial charge in [-0.15, -0.1) is 0 Å². The molecule has 0 aromatic heterocycles. The first kappa shape index (κ1) is 20.0. The quantitative estimate of drug-likeness (QED) is 0.744. The van der Waals surface area contributed by atoms with Crippen LogP contribution in [0.25, 0.3) is 0 Å². The van der Waals surface area contributed by atoms with Gasteiger partial charge in [-0.25, -0.2) is 0 Å². The van der Waals surface area contributed by atoms with E-state index in [1.165, 1.54) is 0 Å². The Balaban J connectivity index is 2.10. The van der Waals surface area contributed by atoms with Crippen molar-refractivity contribution in [3.05, 3.63) is 23.8 Å². The number of methoxy groups -OCH3 is 1. The summed E-state index contributed by atoms with van der Waals surface area (Å²) in [6, 6.07) is 5.44. The number of benzene rings is 1. The normalized spacial score (nSPS) is 16.1. The second-order valence-corrected chi connectivity index (χ2v) is 6.81. The van der Waals surface area contributed by atoms with Crippen molar-refractivity contribution in [2.24, 2.45) is 0 Å². The third kappa shape index (κ3) is 4.66. The van der Waals surface area contributed by atoms with Gasteiger partial charge in [0.05, 0.1) is 24.8 Å². The summed E-state index contributed by atoms with van der Waals surface area (Å²) in [5, 5.41) is 2.81. The molecule has 144 valence electrons. The third-order valence-electron chi connectivity index (χ3n) is 4.75. The SMILES string of the molecule is COCCNC(=O)c1ccc2c(c1)N(C)[C@H](CC(=O)N(C)C(C)C)CO2. The molecule has 7 heteroatoms. The maximum absolute atomic E-state index is 12.4. The van der Waals surface area contributed by atoms with Crippen LogP contribution < -0.4 is 15.0 Å². The summed E-state index contributed by atoms with van der Waals surface area (Å²) < 4.78 is 10.8. The predicted molar refractivity (Wildman–Crippen MR) is 101 cm³/mol. The lowest BCUT2D eigenvalue weighted by molar-refractivity contribution is -0.131. The van der Waals surface area contributed by atoms with E-state index in [1.807, 2.05) is 32.8 Å². The van der Waals surface area contributed by atoms with Crippen molar-refractivity contribution in [2.45, 2.75) is 32.4 Å². The van der Waals surface area contributed by atoms with Gasteiger partial charge in [-0.05, 0) is 32.0 Å². The fourth-order valence-electron chi connectivity index (χ4n) is 2.75. The summed E-state index contributed by atoms with van der Waals surface area (Å²) in [5.41, 5.74) is 1.38. The molecule has 0 aliphatic carbocycles. The Labute approximate surface area is 155 Å². The molecule has 1 heterocycles. The summed E-state index contributed by atoms with van der Waals surface area (Å²) in [4.78, 5) is 28.4. The van der Waals surface area contributed by atoms with Crippen LogP contribution >= 0.6 is 0 Å². The van der Waals surface area contributed by atoms with Crippen molar-refractivity contribution in [1.82, 2.24) is 10.2 Å². The highest BCUT2D eigenvalue weighted by molar-refractivity contribution is 5.95. The molecule has 0 fully saturated rings. The summed E-state index contributed by atoms with van der Waals surface area (Å²) in [6.45, 7) is 5.34. The number of rotatable bonds is 7. The van der Waals surface area contributed by atoms with E-state index in [2.05, 4.69) is 5.32 Å². The van der Waals surface area contributed by atoms with Crippen molar-refractivity contribution in [2.75, 3.05) is 45.9 Å². The number of fused-ring (bicyclic) bond motifs is 1. The molecule has 2 rings (SSSR count). The second kappa shape index (κ2) is 8.89. The second-order valence-electron chi connectivity index (χ2n) is 6.81. The number of hydrogen-bond donors (Lipinski definition) is 1. The van der Waals surface area contributed by atoms with Gasteiger partial charge in [-0.2, -0.15) is 0 Å². The summed E-state index contributed by atoms with van der Waals surface area (Å²) in [7, 11) is 5.34. The van der Waals surface area contributed by atoms with Crippen LogP contribution in [0.1, 0.15) is 30.6 Å². The van der Waals surface area contributed by atoms with E-state index < -0.39 is 0 Å². The van der Waals surface area contributed by atoms with Gasteiger partial charge in [0.1, 0.15) is 12.4 Å². The molecule has 0 radical (unpaired) electrons. The van der Waals surface area contributed by atoms with Gasteiger partial charge in [-0.1, -0.05) is 0 Å². The van der Waals surface area contributed by atoms with Crippen LogP contribution in [0.5, 0.6) is 5.75 Å². The van der Waals surface area contributed by atoms with Crippen molar-refractivity contribution >= 4 is 17.5 Å². The molecule has 2 amide bonds. The zero-order valence-corrected chi connectivity index (χ0v) is 16.2. The smallest absolute Gasteiger partial charge is 0.251 e. The molecular weight excluding hydrogens is 334 g/mol. The number of anilines is 1. The van der Waals surface area contributed by atoms with E-state index in [0.717, 1.165) is 11.4 Å². The summed E-state index contributed by atoms with van der Waals surface area (Å²) in [5.74, 6) is 0.648. The zero-order valence-electron chi connectivity index (χ0n) is 16.2. The average molecular weight is 363 g/mol. The maximum Gasteiger partial charge on any atom is 0.251 e. The molecule has 1 atom stereocenters. The lowest BCUT2D eigenvalue weighted by Gasteiger charge is -2.36. The fraction of sp³-hybridized carbons (Fsp3) is 0.579. The number of amides is 2. The Morgan fingerprint density at radius 2 is 2.15 bits per heavy atom. The van der Waals surface area contributed by atoms with Crippen molar-refractivity contribution < 1.29 is 19.1 Å². The van der Waals surface area contributed by atoms with Gasteiger partial charge in [0.2, 0.25) is 5.91 Å². The van der Waals surface area contributed by atoms with E-state index in [1.54, 1.807) is 30.2 Å². The Bertz CT molecular complexity index is 648. The highest BCUT2D eigenvalue weighted by Gasteiger charge is 2.29. The number of carbonyl (C=O) groups excluding carboxylic acids is 2. The molecule has 0 saturated heterocycles. The maximum atomic E-state index is 12.4. The van der Waals surface area contributed by atoms with Crippen LogP contribution in [0.15, 0.2) is 18.2 Å². The minimum Gasteiger partial charge on any atom is -0.489 e. The topological polar surface area (TPSA) is 71.1 Å². The monoisotopic (exact) mass is 363 g/mol. The first-order valence-electron chi connectivity index (χ1n) is 8.87. The van der Waals surface area contributed by atoms with Gasteiger partial charge < -0.3 is 24.6 Å². The molecule has 1 N–H and O–H groups in total. The first-order valence-corrected chi connectivity index (χ1v) is 8.87. The van der Waals surface area contributed by atoms with Crippen molar-refractivity contribution in [1.29, 1.82) is 0 Å². The average Bonchev–Trinajstić information content (AvgIpc) is 2.63. The largest absolute Gasteiger partial charge is 0.489 e. The summed E-state index contributed by atoms with van der Waals surface area (Å²) >= 11 is 0. The molecule has 1 aliphatic heterocycles. The standard InChI is InChI=1S/C19H29N3O4/c1-13(2)21(3)18(23)11-15-12-26-17-7-6-14(10-16(17)22(15)4)19(24)20-8-9-25-5/h6-7,10,13,15H,8-9,11-12H2,1-5H3,(H,20,24)/t15-/m1/s1. The van der Waals surface area contributed by atoms with E-state index in [0.29, 0.717) is 31.7 Å². The zero-order chi connectivity index (χ0) is 19.3. The van der Waals surface area contributed by atoms with Gasteiger partial charge in [-0.3, -0.25) is 9.59 Å². The lowest BCUT2D eigenvalue weighted by Crippen LogP contribution is -2.45. The fourth-order valence-corrected chi connectivity index (χ4v) is 2.75. The van der Waals surface area contributed by atoms with Gasteiger partial charge in [0, 0.05) is 39.4 Å². The Hall–Kier alpha value is -2.28.